The van der Waals surface area contributed by atoms with Crippen molar-refractivity contribution in [2.75, 3.05) is 20.2 Å². The van der Waals surface area contributed by atoms with E-state index in [0.29, 0.717) is 13.1 Å². The van der Waals surface area contributed by atoms with Gasteiger partial charge in [0.15, 0.2) is 5.75 Å². The molecule has 1 aromatic carbocycles. The zero-order valence-electron chi connectivity index (χ0n) is 10.9. The number of halogens is 1. The van der Waals surface area contributed by atoms with E-state index in [1.165, 1.54) is 19.2 Å². The summed E-state index contributed by atoms with van der Waals surface area (Å²) < 4.78 is 28.2. The third kappa shape index (κ3) is 2.89. The second-order valence-electron chi connectivity index (χ2n) is 4.53. The molecule has 0 radical (unpaired) electrons. The highest BCUT2D eigenvalue weighted by Gasteiger charge is 2.27. The molecule has 0 atom stereocenters. The second-order valence-corrected chi connectivity index (χ2v) is 6.50. The minimum absolute atomic E-state index is 0.0613. The van der Waals surface area contributed by atoms with E-state index in [1.807, 2.05) is 0 Å². The van der Waals surface area contributed by atoms with Gasteiger partial charge in [0.25, 0.3) is 5.91 Å². The summed E-state index contributed by atoms with van der Waals surface area (Å²) in [6, 6.07) is 2.58. The maximum absolute atomic E-state index is 12.4. The van der Waals surface area contributed by atoms with Crippen molar-refractivity contribution in [2.45, 2.75) is 17.7 Å². The monoisotopic (exact) mass is 318 g/mol. The van der Waals surface area contributed by atoms with Crippen LogP contribution in [0.3, 0.4) is 0 Å². The predicted octanol–water partition coefficient (Wildman–Crippen LogP) is 1.23. The molecule has 8 heteroatoms. The van der Waals surface area contributed by atoms with Crippen LogP contribution in [0, 0.1) is 0 Å². The molecule has 2 rings (SSSR count). The van der Waals surface area contributed by atoms with Crippen molar-refractivity contribution < 1.29 is 17.9 Å². The number of rotatable bonds is 3. The van der Waals surface area contributed by atoms with Gasteiger partial charge in [0.1, 0.15) is 4.90 Å². The van der Waals surface area contributed by atoms with Crippen LogP contribution in [0.4, 0.5) is 0 Å². The molecule has 1 aromatic rings. The van der Waals surface area contributed by atoms with Crippen molar-refractivity contribution in [1.82, 2.24) is 4.90 Å². The number of primary sulfonamides is 1. The van der Waals surface area contributed by atoms with E-state index in [2.05, 4.69) is 0 Å². The molecular formula is C12H15ClN2O4S. The van der Waals surface area contributed by atoms with E-state index < -0.39 is 10.0 Å². The van der Waals surface area contributed by atoms with Crippen molar-refractivity contribution in [3.63, 3.8) is 0 Å². The quantitative estimate of drug-likeness (QED) is 0.907. The van der Waals surface area contributed by atoms with Crippen LogP contribution in [0.1, 0.15) is 23.2 Å². The number of likely N-dealkylation sites (tertiary alicyclic amines) is 1. The van der Waals surface area contributed by atoms with Crippen LogP contribution < -0.4 is 9.88 Å². The molecule has 1 saturated heterocycles. The summed E-state index contributed by atoms with van der Waals surface area (Å²) in [4.78, 5) is 13.8. The molecular weight excluding hydrogens is 304 g/mol. The summed E-state index contributed by atoms with van der Waals surface area (Å²) in [5.41, 5.74) is 0.117. The molecule has 1 fully saturated rings. The highest BCUT2D eigenvalue weighted by atomic mass is 35.5. The number of amides is 1. The van der Waals surface area contributed by atoms with Crippen LogP contribution in [0.25, 0.3) is 0 Å². The number of nitrogens with two attached hydrogens (primary N) is 1. The van der Waals surface area contributed by atoms with Crippen LogP contribution in [0.5, 0.6) is 5.75 Å². The molecule has 0 unspecified atom stereocenters. The standard InChI is InChI=1S/C12H15ClN2O4S/c1-19-11-9(12(16)15-4-2-3-5-15)6-8(13)7-10(11)20(14,17)18/h6-7H,2-5H2,1H3,(H2,14,17,18). The normalized spacial score (nSPS) is 15.4. The van der Waals surface area contributed by atoms with Gasteiger partial charge in [0, 0.05) is 18.1 Å². The van der Waals surface area contributed by atoms with Gasteiger partial charge >= 0.3 is 0 Å². The number of benzene rings is 1. The summed E-state index contributed by atoms with van der Waals surface area (Å²) in [6.07, 6.45) is 1.85. The van der Waals surface area contributed by atoms with Crippen LogP contribution in [-0.4, -0.2) is 39.4 Å². The summed E-state index contributed by atoms with van der Waals surface area (Å²) in [6.45, 7) is 1.28. The smallest absolute Gasteiger partial charge is 0.257 e. The summed E-state index contributed by atoms with van der Waals surface area (Å²) >= 11 is 5.89. The van der Waals surface area contributed by atoms with E-state index in [0.717, 1.165) is 12.8 Å². The first-order valence-corrected chi connectivity index (χ1v) is 7.96. The van der Waals surface area contributed by atoms with Gasteiger partial charge in [-0.3, -0.25) is 4.79 Å². The molecule has 1 aliphatic rings. The van der Waals surface area contributed by atoms with E-state index in [4.69, 9.17) is 21.5 Å². The lowest BCUT2D eigenvalue weighted by molar-refractivity contribution is 0.0789. The SMILES string of the molecule is COc1c(C(=O)N2CCCC2)cc(Cl)cc1S(N)(=O)=O. The van der Waals surface area contributed by atoms with Gasteiger partial charge in [-0.1, -0.05) is 11.6 Å². The minimum atomic E-state index is -4.03. The van der Waals surface area contributed by atoms with Crippen molar-refractivity contribution in [1.29, 1.82) is 0 Å². The van der Waals surface area contributed by atoms with E-state index >= 15 is 0 Å². The molecule has 6 nitrogen and oxygen atoms in total. The lowest BCUT2D eigenvalue weighted by Gasteiger charge is -2.18. The molecule has 110 valence electrons. The fourth-order valence-electron chi connectivity index (χ4n) is 2.24. The highest BCUT2D eigenvalue weighted by molar-refractivity contribution is 7.89. The molecule has 0 saturated carbocycles. The Kier molecular flexibility index (Phi) is 4.22. The maximum atomic E-state index is 12.4. The van der Waals surface area contributed by atoms with Gasteiger partial charge in [0.2, 0.25) is 10.0 Å². The van der Waals surface area contributed by atoms with Crippen molar-refractivity contribution in [3.8, 4) is 5.75 Å². The van der Waals surface area contributed by atoms with Gasteiger partial charge < -0.3 is 9.64 Å². The third-order valence-corrected chi connectivity index (χ3v) is 4.29. The van der Waals surface area contributed by atoms with Gasteiger partial charge in [-0.05, 0) is 25.0 Å². The average molecular weight is 319 g/mol. The van der Waals surface area contributed by atoms with Gasteiger partial charge in [0.05, 0.1) is 12.7 Å². The Bertz CT molecular complexity index is 639. The van der Waals surface area contributed by atoms with Crippen LogP contribution in [0.2, 0.25) is 5.02 Å². The Morgan fingerprint density at radius 1 is 1.35 bits per heavy atom. The van der Waals surface area contributed by atoms with E-state index in [9.17, 15) is 13.2 Å². The van der Waals surface area contributed by atoms with Crippen LogP contribution in [0.15, 0.2) is 17.0 Å². The molecule has 2 N–H and O–H groups in total. The Morgan fingerprint density at radius 2 is 1.95 bits per heavy atom. The molecule has 1 amide bonds. The predicted molar refractivity (Wildman–Crippen MR) is 74.5 cm³/mol. The average Bonchev–Trinajstić information content (AvgIpc) is 2.89. The second kappa shape index (κ2) is 5.59. The molecule has 1 aliphatic heterocycles. The number of sulfonamides is 1. The van der Waals surface area contributed by atoms with Crippen molar-refractivity contribution in [3.05, 3.63) is 22.7 Å². The molecule has 1 heterocycles. The summed E-state index contributed by atoms with van der Waals surface area (Å²) in [5.74, 6) is -0.361. The number of ether oxygens (including phenoxy) is 1. The number of nitrogens with zero attached hydrogens (tertiary/aromatic N) is 1. The molecule has 0 spiro atoms. The maximum Gasteiger partial charge on any atom is 0.257 e. The Labute approximate surface area is 122 Å². The zero-order chi connectivity index (χ0) is 14.9. The Morgan fingerprint density at radius 3 is 2.45 bits per heavy atom. The fraction of sp³-hybridized carbons (Fsp3) is 0.417. The Balaban J connectivity index is 2.57. The minimum Gasteiger partial charge on any atom is -0.494 e. The van der Waals surface area contributed by atoms with E-state index in [-0.39, 0.29) is 27.1 Å². The van der Waals surface area contributed by atoms with Crippen molar-refractivity contribution >= 4 is 27.5 Å². The highest BCUT2D eigenvalue weighted by Crippen LogP contribution is 2.32. The number of methoxy groups -OCH3 is 1. The van der Waals surface area contributed by atoms with Crippen molar-refractivity contribution in [2.24, 2.45) is 5.14 Å². The topological polar surface area (TPSA) is 89.7 Å². The number of hydrogen-bond donors (Lipinski definition) is 1. The first kappa shape index (κ1) is 15.1. The number of carbonyl (C=O) groups excluding carboxylic acids is 1. The van der Waals surface area contributed by atoms with Gasteiger partial charge in [-0.15, -0.1) is 0 Å². The van der Waals surface area contributed by atoms with Gasteiger partial charge in [-0.2, -0.15) is 0 Å². The first-order valence-electron chi connectivity index (χ1n) is 6.04. The molecule has 0 bridgehead atoms. The van der Waals surface area contributed by atoms with E-state index in [1.54, 1.807) is 4.90 Å². The lowest BCUT2D eigenvalue weighted by atomic mass is 10.1. The fourth-order valence-corrected chi connectivity index (χ4v) is 3.27. The first-order chi connectivity index (χ1) is 9.34. The van der Waals surface area contributed by atoms with Gasteiger partial charge in [-0.25, -0.2) is 13.6 Å². The third-order valence-electron chi connectivity index (χ3n) is 3.15. The Hall–Kier alpha value is -1.31. The zero-order valence-corrected chi connectivity index (χ0v) is 12.5. The number of hydrogen-bond acceptors (Lipinski definition) is 4. The molecule has 0 aromatic heterocycles. The number of carbonyl (C=O) groups is 1. The molecule has 0 aliphatic carbocycles. The summed E-state index contributed by atoms with van der Waals surface area (Å²) in [7, 11) is -2.74. The molecule has 20 heavy (non-hydrogen) atoms. The van der Waals surface area contributed by atoms with Crippen LogP contribution in [-0.2, 0) is 10.0 Å². The van der Waals surface area contributed by atoms with Crippen LogP contribution >= 0.6 is 11.6 Å². The summed E-state index contributed by atoms with van der Waals surface area (Å²) in [5, 5.41) is 5.26. The lowest BCUT2D eigenvalue weighted by Crippen LogP contribution is -2.28. The largest absolute Gasteiger partial charge is 0.494 e.